The minimum atomic E-state index is -4.73. The summed E-state index contributed by atoms with van der Waals surface area (Å²) in [5, 5.41) is 18.9. The highest BCUT2D eigenvalue weighted by Crippen LogP contribution is 2.42. The van der Waals surface area contributed by atoms with E-state index in [1.54, 1.807) is 0 Å². The van der Waals surface area contributed by atoms with Gasteiger partial charge in [0.1, 0.15) is 12.1 Å². The van der Waals surface area contributed by atoms with Crippen molar-refractivity contribution in [3.8, 4) is 12.1 Å². The number of halogens is 5. The van der Waals surface area contributed by atoms with E-state index in [1.807, 2.05) is 0 Å². The standard InChI is InChI=1S/C10H3Cl2F3N4/c11-6-1-2-7(19-18-5(3-16)4-17)9(12)8(6)10(13,14)15/h1-2,19H. The molecule has 0 aliphatic rings. The molecule has 1 aromatic carbocycles. The molecule has 0 fully saturated rings. The lowest BCUT2D eigenvalue weighted by Gasteiger charge is -2.13. The van der Waals surface area contributed by atoms with Crippen molar-refractivity contribution in [3.63, 3.8) is 0 Å². The van der Waals surface area contributed by atoms with Crippen LogP contribution in [-0.2, 0) is 6.18 Å². The highest BCUT2D eigenvalue weighted by atomic mass is 35.5. The van der Waals surface area contributed by atoms with Crippen molar-refractivity contribution in [2.75, 3.05) is 5.43 Å². The molecule has 0 unspecified atom stereocenters. The first-order valence-corrected chi connectivity index (χ1v) is 5.26. The van der Waals surface area contributed by atoms with E-state index >= 15 is 0 Å². The summed E-state index contributed by atoms with van der Waals surface area (Å²) in [6, 6.07) is 4.99. The zero-order valence-corrected chi connectivity index (χ0v) is 10.4. The van der Waals surface area contributed by atoms with Crippen molar-refractivity contribution >= 4 is 34.6 Å². The van der Waals surface area contributed by atoms with E-state index < -0.39 is 27.5 Å². The van der Waals surface area contributed by atoms with E-state index in [9.17, 15) is 13.2 Å². The first kappa shape index (κ1) is 15.1. The number of anilines is 1. The Morgan fingerprint density at radius 2 is 1.79 bits per heavy atom. The summed E-state index contributed by atoms with van der Waals surface area (Å²) < 4.78 is 38.1. The molecule has 0 atom stereocenters. The molecule has 1 N–H and O–H groups in total. The van der Waals surface area contributed by atoms with Crippen LogP contribution in [0.5, 0.6) is 0 Å². The van der Waals surface area contributed by atoms with Gasteiger partial charge < -0.3 is 0 Å². The lowest BCUT2D eigenvalue weighted by Crippen LogP contribution is -2.08. The number of rotatable bonds is 2. The van der Waals surface area contributed by atoms with E-state index in [-0.39, 0.29) is 5.69 Å². The number of hydrogen-bond acceptors (Lipinski definition) is 4. The fourth-order valence-corrected chi connectivity index (χ4v) is 1.72. The predicted octanol–water partition coefficient (Wildman–Crippen LogP) is 3.83. The Kier molecular flexibility index (Phi) is 4.60. The lowest BCUT2D eigenvalue weighted by atomic mass is 10.2. The molecule has 0 spiro atoms. The van der Waals surface area contributed by atoms with E-state index in [0.29, 0.717) is 0 Å². The third-order valence-electron chi connectivity index (χ3n) is 1.87. The Morgan fingerprint density at radius 1 is 1.21 bits per heavy atom. The van der Waals surface area contributed by atoms with Crippen molar-refractivity contribution < 1.29 is 13.2 Å². The topological polar surface area (TPSA) is 72.0 Å². The van der Waals surface area contributed by atoms with Gasteiger partial charge in [-0.1, -0.05) is 23.2 Å². The summed E-state index contributed by atoms with van der Waals surface area (Å²) in [5.41, 5.74) is 0.114. The first-order valence-electron chi connectivity index (χ1n) is 4.50. The lowest BCUT2D eigenvalue weighted by molar-refractivity contribution is -0.137. The minimum absolute atomic E-state index is 0.221. The normalized spacial score (nSPS) is 10.3. The summed E-state index contributed by atoms with van der Waals surface area (Å²) in [7, 11) is 0. The second-order valence-electron chi connectivity index (χ2n) is 3.08. The van der Waals surface area contributed by atoms with Crippen LogP contribution >= 0.6 is 23.2 Å². The van der Waals surface area contributed by atoms with Gasteiger partial charge in [-0.2, -0.15) is 28.8 Å². The van der Waals surface area contributed by atoms with Gasteiger partial charge >= 0.3 is 6.18 Å². The molecule has 0 amide bonds. The molecule has 0 bridgehead atoms. The fourth-order valence-electron chi connectivity index (χ4n) is 1.09. The maximum Gasteiger partial charge on any atom is 0.419 e. The number of hydrogen-bond donors (Lipinski definition) is 1. The van der Waals surface area contributed by atoms with E-state index in [4.69, 9.17) is 33.7 Å². The van der Waals surface area contributed by atoms with E-state index in [0.717, 1.165) is 12.1 Å². The summed E-state index contributed by atoms with van der Waals surface area (Å²) >= 11 is 11.0. The quantitative estimate of drug-likeness (QED) is 0.666. The molecule has 0 aliphatic heterocycles. The Labute approximate surface area is 115 Å². The second-order valence-corrected chi connectivity index (χ2v) is 3.86. The Balaban J connectivity index is 3.24. The van der Waals surface area contributed by atoms with Crippen molar-refractivity contribution in [1.82, 2.24) is 0 Å². The SMILES string of the molecule is N#CC(C#N)=NNc1ccc(Cl)c(C(F)(F)F)c1Cl. The van der Waals surface area contributed by atoms with Crippen molar-refractivity contribution in [3.05, 3.63) is 27.7 Å². The molecular weight excluding hydrogens is 304 g/mol. The van der Waals surface area contributed by atoms with Crippen molar-refractivity contribution in [2.24, 2.45) is 5.10 Å². The highest BCUT2D eigenvalue weighted by molar-refractivity contribution is 6.37. The summed E-state index contributed by atoms with van der Waals surface area (Å²) in [6.45, 7) is 0. The number of nitriles is 2. The molecule has 1 aromatic rings. The predicted molar refractivity (Wildman–Crippen MR) is 63.7 cm³/mol. The van der Waals surface area contributed by atoms with Gasteiger partial charge in [0.05, 0.1) is 21.3 Å². The molecule has 1 rings (SSSR count). The first-order chi connectivity index (χ1) is 8.81. The van der Waals surface area contributed by atoms with Crippen molar-refractivity contribution in [1.29, 1.82) is 10.5 Å². The third-order valence-corrected chi connectivity index (χ3v) is 2.58. The average molecular weight is 307 g/mol. The molecule has 98 valence electrons. The largest absolute Gasteiger partial charge is 0.419 e. The van der Waals surface area contributed by atoms with Crippen LogP contribution in [0.1, 0.15) is 5.56 Å². The van der Waals surface area contributed by atoms with Crippen molar-refractivity contribution in [2.45, 2.75) is 6.18 Å². The van der Waals surface area contributed by atoms with Gasteiger partial charge in [0.25, 0.3) is 0 Å². The average Bonchev–Trinajstić information content (AvgIpc) is 2.31. The summed E-state index contributed by atoms with van der Waals surface area (Å²) in [6.07, 6.45) is -4.73. The molecule has 0 saturated carbocycles. The van der Waals surface area contributed by atoms with E-state index in [1.165, 1.54) is 12.1 Å². The van der Waals surface area contributed by atoms with Gasteiger partial charge in [0.15, 0.2) is 0 Å². The molecule has 19 heavy (non-hydrogen) atoms. The Hall–Kier alpha value is -1.96. The van der Waals surface area contributed by atoms with Crippen LogP contribution in [0.4, 0.5) is 18.9 Å². The molecule has 4 nitrogen and oxygen atoms in total. The molecule has 0 radical (unpaired) electrons. The fraction of sp³-hybridized carbons (Fsp3) is 0.100. The number of nitrogens with zero attached hydrogens (tertiary/aromatic N) is 3. The van der Waals surface area contributed by atoms with Gasteiger partial charge in [-0.25, -0.2) is 0 Å². The summed E-state index contributed by atoms with van der Waals surface area (Å²) in [4.78, 5) is 0. The third kappa shape index (κ3) is 3.50. The molecule has 0 aliphatic carbocycles. The van der Waals surface area contributed by atoms with Crippen LogP contribution < -0.4 is 5.43 Å². The van der Waals surface area contributed by atoms with Gasteiger partial charge in [-0.15, -0.1) is 0 Å². The zero-order chi connectivity index (χ0) is 14.6. The molecule has 0 saturated heterocycles. The van der Waals surface area contributed by atoms with Crippen LogP contribution in [0.3, 0.4) is 0 Å². The number of alkyl halides is 3. The summed E-state index contributed by atoms with van der Waals surface area (Å²) in [5.74, 6) is 0. The van der Waals surface area contributed by atoms with Crippen LogP contribution in [-0.4, -0.2) is 5.71 Å². The van der Waals surface area contributed by atoms with Gasteiger partial charge in [0, 0.05) is 0 Å². The van der Waals surface area contributed by atoms with Crippen LogP contribution in [0.15, 0.2) is 17.2 Å². The molecule has 0 heterocycles. The zero-order valence-electron chi connectivity index (χ0n) is 8.89. The Bertz CT molecular complexity index is 595. The number of benzene rings is 1. The number of hydrazone groups is 1. The molecule has 9 heteroatoms. The smallest absolute Gasteiger partial charge is 0.275 e. The molecule has 0 aromatic heterocycles. The second kappa shape index (κ2) is 5.79. The van der Waals surface area contributed by atoms with Crippen LogP contribution in [0, 0.1) is 22.7 Å². The van der Waals surface area contributed by atoms with Gasteiger partial charge in [-0.3, -0.25) is 5.43 Å². The maximum absolute atomic E-state index is 12.7. The van der Waals surface area contributed by atoms with E-state index in [2.05, 4.69) is 10.5 Å². The number of nitrogens with one attached hydrogen (secondary N) is 1. The molecular formula is C10H3Cl2F3N4. The van der Waals surface area contributed by atoms with Gasteiger partial charge in [0.2, 0.25) is 5.71 Å². The van der Waals surface area contributed by atoms with Crippen LogP contribution in [0.25, 0.3) is 0 Å². The maximum atomic E-state index is 12.7. The Morgan fingerprint density at radius 3 is 2.26 bits per heavy atom. The van der Waals surface area contributed by atoms with Crippen LogP contribution in [0.2, 0.25) is 10.0 Å². The van der Waals surface area contributed by atoms with Gasteiger partial charge in [-0.05, 0) is 12.1 Å². The highest BCUT2D eigenvalue weighted by Gasteiger charge is 2.36. The minimum Gasteiger partial charge on any atom is -0.275 e. The monoisotopic (exact) mass is 306 g/mol.